The molecule has 1 aromatic carbocycles. The first-order valence-electron chi connectivity index (χ1n) is 8.54. The van der Waals surface area contributed by atoms with Crippen LogP contribution in [0, 0.1) is 0 Å². The normalized spacial score (nSPS) is 14.8. The molecule has 0 atom stereocenters. The number of nitrogens with one attached hydrogen (secondary N) is 1. The average molecular weight is 349 g/mol. The van der Waals surface area contributed by atoms with E-state index in [1.54, 1.807) is 7.11 Å². The summed E-state index contributed by atoms with van der Waals surface area (Å²) in [6.07, 6.45) is 0. The Morgan fingerprint density at radius 2 is 2.00 bits per heavy atom. The Kier molecular flexibility index (Phi) is 7.69. The van der Waals surface area contributed by atoms with Crippen LogP contribution >= 0.6 is 0 Å². The van der Waals surface area contributed by atoms with Crippen LogP contribution in [-0.2, 0) is 20.9 Å². The van der Waals surface area contributed by atoms with Crippen LogP contribution < -0.4 is 10.1 Å². The van der Waals surface area contributed by atoms with Crippen molar-refractivity contribution in [2.24, 2.45) is 0 Å². The zero-order chi connectivity index (χ0) is 18.1. The zero-order valence-electron chi connectivity index (χ0n) is 15.0. The number of morpholine rings is 1. The van der Waals surface area contributed by atoms with Crippen LogP contribution in [-0.4, -0.2) is 74.7 Å². The minimum absolute atomic E-state index is 0.0382. The molecule has 2 rings (SSSR count). The maximum Gasteiger partial charge on any atom is 0.239 e. The molecule has 0 radical (unpaired) electrons. The van der Waals surface area contributed by atoms with Gasteiger partial charge in [0.2, 0.25) is 11.8 Å². The Labute approximate surface area is 148 Å². The van der Waals surface area contributed by atoms with E-state index in [1.807, 2.05) is 24.3 Å². The number of benzene rings is 1. The quantitative estimate of drug-likeness (QED) is 0.740. The highest BCUT2D eigenvalue weighted by atomic mass is 16.5. The van der Waals surface area contributed by atoms with Gasteiger partial charge in [0.15, 0.2) is 0 Å². The van der Waals surface area contributed by atoms with Crippen molar-refractivity contribution < 1.29 is 19.1 Å². The number of amides is 2. The highest BCUT2D eigenvalue weighted by Gasteiger charge is 2.16. The molecule has 0 bridgehead atoms. The van der Waals surface area contributed by atoms with Crippen molar-refractivity contribution in [3.63, 3.8) is 0 Å². The van der Waals surface area contributed by atoms with Crippen molar-refractivity contribution in [1.29, 1.82) is 0 Å². The van der Waals surface area contributed by atoms with Crippen molar-refractivity contribution in [1.82, 2.24) is 15.1 Å². The SMILES string of the molecule is COc1ccccc1CN(CC(=O)NCCN1CCOCC1)C(C)=O. The van der Waals surface area contributed by atoms with Crippen LogP contribution in [0.5, 0.6) is 5.75 Å². The van der Waals surface area contributed by atoms with E-state index in [2.05, 4.69) is 10.2 Å². The lowest BCUT2D eigenvalue weighted by Gasteiger charge is -2.27. The number of methoxy groups -OCH3 is 1. The largest absolute Gasteiger partial charge is 0.496 e. The second-order valence-electron chi connectivity index (χ2n) is 5.99. The summed E-state index contributed by atoms with van der Waals surface area (Å²) in [6.45, 7) is 6.48. The predicted octanol–water partition coefficient (Wildman–Crippen LogP) is 0.492. The summed E-state index contributed by atoms with van der Waals surface area (Å²) < 4.78 is 10.6. The predicted molar refractivity (Wildman–Crippen MR) is 94.4 cm³/mol. The number of carbonyl (C=O) groups is 2. The van der Waals surface area contributed by atoms with Gasteiger partial charge in [0.25, 0.3) is 0 Å². The Bertz CT molecular complexity index is 573. The van der Waals surface area contributed by atoms with Crippen molar-refractivity contribution in [2.45, 2.75) is 13.5 Å². The van der Waals surface area contributed by atoms with Crippen LogP contribution in [0.3, 0.4) is 0 Å². The van der Waals surface area contributed by atoms with Gasteiger partial charge < -0.3 is 19.7 Å². The molecule has 1 N–H and O–H groups in total. The summed E-state index contributed by atoms with van der Waals surface area (Å²) in [5, 5.41) is 2.88. The van der Waals surface area contributed by atoms with E-state index in [9.17, 15) is 9.59 Å². The van der Waals surface area contributed by atoms with Crippen molar-refractivity contribution in [3.05, 3.63) is 29.8 Å². The third-order valence-corrected chi connectivity index (χ3v) is 4.19. The molecule has 1 aliphatic heterocycles. The highest BCUT2D eigenvalue weighted by Crippen LogP contribution is 2.19. The molecule has 2 amide bonds. The summed E-state index contributed by atoms with van der Waals surface area (Å²) in [5.74, 6) is 0.411. The summed E-state index contributed by atoms with van der Waals surface area (Å²) in [5.41, 5.74) is 0.876. The molecule has 1 aliphatic rings. The van der Waals surface area contributed by atoms with Crippen LogP contribution in [0.2, 0.25) is 0 Å². The van der Waals surface area contributed by atoms with E-state index >= 15 is 0 Å². The molecule has 0 aliphatic carbocycles. The van der Waals surface area contributed by atoms with Gasteiger partial charge in [0, 0.05) is 45.2 Å². The third-order valence-electron chi connectivity index (χ3n) is 4.19. The maximum atomic E-state index is 12.2. The number of ether oxygens (including phenoxy) is 2. The summed E-state index contributed by atoms with van der Waals surface area (Å²) in [6, 6.07) is 7.50. The summed E-state index contributed by atoms with van der Waals surface area (Å²) >= 11 is 0. The Balaban J connectivity index is 1.81. The molecular weight excluding hydrogens is 322 g/mol. The number of rotatable bonds is 8. The van der Waals surface area contributed by atoms with Crippen molar-refractivity contribution >= 4 is 11.8 Å². The molecule has 1 fully saturated rings. The van der Waals surface area contributed by atoms with E-state index in [1.165, 1.54) is 11.8 Å². The van der Waals surface area contributed by atoms with Gasteiger partial charge in [-0.1, -0.05) is 18.2 Å². The Morgan fingerprint density at radius 3 is 2.68 bits per heavy atom. The number of hydrogen-bond acceptors (Lipinski definition) is 5. The topological polar surface area (TPSA) is 71.1 Å². The van der Waals surface area contributed by atoms with Crippen LogP contribution in [0.25, 0.3) is 0 Å². The third kappa shape index (κ3) is 6.36. The standard InChI is InChI=1S/C18H27N3O4/c1-15(22)21(13-16-5-3-4-6-17(16)24-2)14-18(23)19-7-8-20-9-11-25-12-10-20/h3-6H,7-14H2,1-2H3,(H,19,23). The number of hydrogen-bond donors (Lipinski definition) is 1. The van der Waals surface area contributed by atoms with Gasteiger partial charge in [-0.25, -0.2) is 0 Å². The van der Waals surface area contributed by atoms with Crippen molar-refractivity contribution in [3.8, 4) is 5.75 Å². The van der Waals surface area contributed by atoms with Gasteiger partial charge in [-0.05, 0) is 6.07 Å². The second kappa shape index (κ2) is 10.0. The number of carbonyl (C=O) groups excluding carboxylic acids is 2. The molecule has 25 heavy (non-hydrogen) atoms. The van der Waals surface area contributed by atoms with E-state index in [0.29, 0.717) is 18.8 Å². The Hall–Kier alpha value is -2.12. The highest BCUT2D eigenvalue weighted by molar-refractivity contribution is 5.83. The van der Waals surface area contributed by atoms with Gasteiger partial charge in [0.05, 0.1) is 26.9 Å². The molecule has 1 heterocycles. The minimum Gasteiger partial charge on any atom is -0.496 e. The molecule has 1 aromatic rings. The molecule has 7 heteroatoms. The monoisotopic (exact) mass is 349 g/mol. The molecule has 138 valence electrons. The van der Waals surface area contributed by atoms with Gasteiger partial charge in [-0.15, -0.1) is 0 Å². The van der Waals surface area contributed by atoms with Gasteiger partial charge in [-0.2, -0.15) is 0 Å². The van der Waals surface area contributed by atoms with Crippen molar-refractivity contribution in [2.75, 3.05) is 53.0 Å². The van der Waals surface area contributed by atoms with Crippen LogP contribution in [0.4, 0.5) is 0 Å². The maximum absolute atomic E-state index is 12.2. The van der Waals surface area contributed by atoms with Gasteiger partial charge in [0.1, 0.15) is 5.75 Å². The van der Waals surface area contributed by atoms with E-state index in [4.69, 9.17) is 9.47 Å². The van der Waals surface area contributed by atoms with Crippen LogP contribution in [0.15, 0.2) is 24.3 Å². The number of nitrogens with zero attached hydrogens (tertiary/aromatic N) is 2. The molecular formula is C18H27N3O4. The first-order chi connectivity index (χ1) is 12.1. The lowest BCUT2D eigenvalue weighted by molar-refractivity contribution is -0.135. The Morgan fingerprint density at radius 1 is 1.28 bits per heavy atom. The van der Waals surface area contributed by atoms with E-state index in [0.717, 1.165) is 38.4 Å². The first-order valence-corrected chi connectivity index (χ1v) is 8.54. The molecule has 0 saturated carbocycles. The second-order valence-corrected chi connectivity index (χ2v) is 5.99. The first kappa shape index (κ1) is 19.2. The molecule has 0 unspecified atom stereocenters. The average Bonchev–Trinajstić information content (AvgIpc) is 2.62. The molecule has 7 nitrogen and oxygen atoms in total. The fourth-order valence-corrected chi connectivity index (χ4v) is 2.73. The van der Waals surface area contributed by atoms with E-state index in [-0.39, 0.29) is 18.4 Å². The molecule has 0 aromatic heterocycles. The fourth-order valence-electron chi connectivity index (χ4n) is 2.73. The molecule has 1 saturated heterocycles. The van der Waals surface area contributed by atoms with Crippen LogP contribution in [0.1, 0.15) is 12.5 Å². The minimum atomic E-state index is -0.154. The smallest absolute Gasteiger partial charge is 0.239 e. The zero-order valence-corrected chi connectivity index (χ0v) is 15.0. The lowest BCUT2D eigenvalue weighted by atomic mass is 10.2. The van der Waals surface area contributed by atoms with Gasteiger partial charge in [-0.3, -0.25) is 14.5 Å². The lowest BCUT2D eigenvalue weighted by Crippen LogP contribution is -2.44. The molecule has 0 spiro atoms. The summed E-state index contributed by atoms with van der Waals surface area (Å²) in [4.78, 5) is 27.8. The summed E-state index contributed by atoms with van der Waals surface area (Å²) in [7, 11) is 1.59. The van der Waals surface area contributed by atoms with E-state index < -0.39 is 0 Å². The number of para-hydroxylation sites is 1. The van der Waals surface area contributed by atoms with Gasteiger partial charge >= 0.3 is 0 Å². The fraction of sp³-hybridized carbons (Fsp3) is 0.556.